The largest absolute Gasteiger partial charge is 0.504 e. The number of carbonyl (C=O) groups is 2. The Morgan fingerprint density at radius 1 is 1.28 bits per heavy atom. The number of halogens is 2. The zero-order valence-corrected chi connectivity index (χ0v) is 17.0. The van der Waals surface area contributed by atoms with Crippen LogP contribution in [0, 0.1) is 10.1 Å². The quantitative estimate of drug-likeness (QED) is 0.390. The molecule has 0 unspecified atom stereocenters. The van der Waals surface area contributed by atoms with Gasteiger partial charge in [0.25, 0.3) is 11.1 Å². The molecule has 8 nitrogen and oxygen atoms in total. The molecule has 0 aromatic heterocycles. The molecule has 1 heterocycles. The molecule has 2 aromatic rings. The number of hydrogen-bond acceptors (Lipinski definition) is 7. The summed E-state index contributed by atoms with van der Waals surface area (Å²) >= 11 is 12.6. The molecule has 0 atom stereocenters. The number of nitro benzene ring substituents is 1. The number of aromatic hydroxyl groups is 1. The van der Waals surface area contributed by atoms with Gasteiger partial charge in [-0.05, 0) is 47.7 Å². The number of phenolic OH excluding ortho intramolecular Hbond substituents is 1. The second-order valence-corrected chi connectivity index (χ2v) is 7.65. The van der Waals surface area contributed by atoms with Crippen molar-refractivity contribution in [1.29, 1.82) is 0 Å². The van der Waals surface area contributed by atoms with Gasteiger partial charge in [-0.3, -0.25) is 24.6 Å². The minimum atomic E-state index is -0.734. The highest BCUT2D eigenvalue weighted by Gasteiger charge is 2.36. The molecule has 3 rings (SSSR count). The van der Waals surface area contributed by atoms with Crippen molar-refractivity contribution in [3.05, 3.63) is 66.5 Å². The molecule has 150 valence electrons. The molecule has 1 saturated heterocycles. The maximum absolute atomic E-state index is 12.7. The van der Waals surface area contributed by atoms with Crippen molar-refractivity contribution in [3.8, 4) is 11.5 Å². The van der Waals surface area contributed by atoms with Gasteiger partial charge >= 0.3 is 5.69 Å². The van der Waals surface area contributed by atoms with E-state index in [-0.39, 0.29) is 22.8 Å². The average molecular weight is 455 g/mol. The van der Waals surface area contributed by atoms with E-state index in [2.05, 4.69) is 0 Å². The Hall–Kier alpha value is -2.75. The zero-order chi connectivity index (χ0) is 21.3. The summed E-state index contributed by atoms with van der Waals surface area (Å²) in [5.74, 6) is -1.37. The SMILES string of the molecule is COc1c(O)ccc(/C=C2\SC(=O)N(Cc3ccc(Cl)cc3Cl)C2=O)c1[N+](=O)[O-]. The van der Waals surface area contributed by atoms with E-state index >= 15 is 0 Å². The fourth-order valence-electron chi connectivity index (χ4n) is 2.68. The molecule has 2 amide bonds. The number of nitro groups is 1. The third-order valence-corrected chi connectivity index (χ3v) is 5.53. The van der Waals surface area contributed by atoms with Crippen molar-refractivity contribution in [1.82, 2.24) is 4.90 Å². The van der Waals surface area contributed by atoms with Crippen LogP contribution in [0.4, 0.5) is 10.5 Å². The van der Waals surface area contributed by atoms with Crippen LogP contribution in [0.5, 0.6) is 11.5 Å². The van der Waals surface area contributed by atoms with Gasteiger partial charge in [0.1, 0.15) is 0 Å². The summed E-state index contributed by atoms with van der Waals surface area (Å²) in [6, 6.07) is 7.16. The summed E-state index contributed by atoms with van der Waals surface area (Å²) in [5.41, 5.74) is 0.0246. The molecule has 0 bridgehead atoms. The Labute approximate surface area is 178 Å². The molecule has 29 heavy (non-hydrogen) atoms. The number of benzene rings is 2. The van der Waals surface area contributed by atoms with Crippen LogP contribution < -0.4 is 4.74 Å². The number of thioether (sulfide) groups is 1. The lowest BCUT2D eigenvalue weighted by Gasteiger charge is -2.13. The van der Waals surface area contributed by atoms with Gasteiger partial charge in [-0.1, -0.05) is 29.3 Å². The number of rotatable bonds is 5. The summed E-state index contributed by atoms with van der Waals surface area (Å²) in [7, 11) is 1.18. The third-order valence-electron chi connectivity index (χ3n) is 4.03. The Bertz CT molecular complexity index is 1070. The first kappa shape index (κ1) is 21.0. The predicted octanol–water partition coefficient (Wildman–Crippen LogP) is 4.85. The number of methoxy groups -OCH3 is 1. The van der Waals surface area contributed by atoms with E-state index in [0.29, 0.717) is 27.4 Å². The highest BCUT2D eigenvalue weighted by molar-refractivity contribution is 8.18. The van der Waals surface area contributed by atoms with Crippen LogP contribution in [-0.2, 0) is 11.3 Å². The van der Waals surface area contributed by atoms with Gasteiger partial charge in [0, 0.05) is 10.0 Å². The molecule has 1 fully saturated rings. The van der Waals surface area contributed by atoms with Gasteiger partial charge < -0.3 is 9.84 Å². The van der Waals surface area contributed by atoms with Crippen LogP contribution in [0.15, 0.2) is 35.2 Å². The average Bonchev–Trinajstić information content (AvgIpc) is 2.92. The topological polar surface area (TPSA) is 110 Å². The lowest BCUT2D eigenvalue weighted by atomic mass is 10.1. The number of carbonyl (C=O) groups excluding carboxylic acids is 2. The number of nitrogens with zero attached hydrogens (tertiary/aromatic N) is 2. The van der Waals surface area contributed by atoms with E-state index in [0.717, 1.165) is 4.90 Å². The van der Waals surface area contributed by atoms with E-state index in [4.69, 9.17) is 27.9 Å². The summed E-state index contributed by atoms with van der Waals surface area (Å²) in [6.45, 7) is -0.0704. The fourth-order valence-corrected chi connectivity index (χ4v) is 3.98. The Morgan fingerprint density at radius 3 is 2.62 bits per heavy atom. The minimum absolute atomic E-state index is 0.00377. The third kappa shape index (κ3) is 4.16. The van der Waals surface area contributed by atoms with Gasteiger partial charge in [-0.2, -0.15) is 0 Å². The van der Waals surface area contributed by atoms with Crippen LogP contribution in [0.3, 0.4) is 0 Å². The van der Waals surface area contributed by atoms with E-state index < -0.39 is 27.5 Å². The normalized spacial score (nSPS) is 15.3. The molecule has 1 aliphatic rings. The molecule has 1 N–H and O–H groups in total. The van der Waals surface area contributed by atoms with Crippen molar-refractivity contribution in [2.75, 3.05) is 7.11 Å². The summed E-state index contributed by atoms with van der Waals surface area (Å²) in [6.07, 6.45) is 1.22. The van der Waals surface area contributed by atoms with Crippen LogP contribution in [0.1, 0.15) is 11.1 Å². The van der Waals surface area contributed by atoms with Crippen molar-refractivity contribution < 1.29 is 24.4 Å². The lowest BCUT2D eigenvalue weighted by molar-refractivity contribution is -0.386. The second-order valence-electron chi connectivity index (χ2n) is 5.82. The first-order valence-corrected chi connectivity index (χ1v) is 9.53. The van der Waals surface area contributed by atoms with Crippen LogP contribution in [0.2, 0.25) is 10.0 Å². The molecular formula is C18H12Cl2N2O6S. The second kappa shape index (κ2) is 8.32. The summed E-state index contributed by atoms with van der Waals surface area (Å²) < 4.78 is 4.90. The Balaban J connectivity index is 1.96. The maximum Gasteiger partial charge on any atom is 0.322 e. The van der Waals surface area contributed by atoms with Gasteiger partial charge in [-0.15, -0.1) is 0 Å². The monoisotopic (exact) mass is 454 g/mol. The maximum atomic E-state index is 12.7. The molecule has 0 saturated carbocycles. The van der Waals surface area contributed by atoms with Gasteiger partial charge in [-0.25, -0.2) is 0 Å². The molecule has 0 spiro atoms. The van der Waals surface area contributed by atoms with Gasteiger partial charge in [0.05, 0.1) is 29.0 Å². The Morgan fingerprint density at radius 2 is 2.00 bits per heavy atom. The number of amides is 2. The summed E-state index contributed by atoms with van der Waals surface area (Å²) in [5, 5.41) is 21.4. The van der Waals surface area contributed by atoms with E-state index in [1.165, 1.54) is 31.4 Å². The van der Waals surface area contributed by atoms with E-state index in [1.54, 1.807) is 12.1 Å². The molecule has 0 radical (unpaired) electrons. The zero-order valence-electron chi connectivity index (χ0n) is 14.7. The lowest BCUT2D eigenvalue weighted by Crippen LogP contribution is -2.27. The number of imide groups is 1. The van der Waals surface area contributed by atoms with Crippen LogP contribution in [0.25, 0.3) is 6.08 Å². The predicted molar refractivity (Wildman–Crippen MR) is 109 cm³/mol. The van der Waals surface area contributed by atoms with E-state index in [9.17, 15) is 24.8 Å². The highest BCUT2D eigenvalue weighted by atomic mass is 35.5. The van der Waals surface area contributed by atoms with Crippen molar-refractivity contribution in [2.24, 2.45) is 0 Å². The number of ether oxygens (including phenoxy) is 1. The molecular weight excluding hydrogens is 443 g/mol. The number of phenols is 1. The van der Waals surface area contributed by atoms with Crippen molar-refractivity contribution in [2.45, 2.75) is 6.54 Å². The molecule has 11 heteroatoms. The molecule has 1 aliphatic heterocycles. The van der Waals surface area contributed by atoms with E-state index in [1.807, 2.05) is 0 Å². The van der Waals surface area contributed by atoms with Gasteiger partial charge in [0.2, 0.25) is 5.75 Å². The van der Waals surface area contributed by atoms with Crippen LogP contribution >= 0.6 is 35.0 Å². The van der Waals surface area contributed by atoms with Crippen molar-refractivity contribution in [3.63, 3.8) is 0 Å². The molecule has 0 aliphatic carbocycles. The van der Waals surface area contributed by atoms with Crippen molar-refractivity contribution >= 4 is 57.9 Å². The number of hydrogen-bond donors (Lipinski definition) is 1. The smallest absolute Gasteiger partial charge is 0.322 e. The first-order chi connectivity index (χ1) is 13.7. The molecule has 2 aromatic carbocycles. The first-order valence-electron chi connectivity index (χ1n) is 7.96. The summed E-state index contributed by atoms with van der Waals surface area (Å²) in [4.78, 5) is 36.7. The highest BCUT2D eigenvalue weighted by Crippen LogP contribution is 2.42. The standard InChI is InChI=1S/C18H12Cl2N2O6S/c1-28-16-13(23)5-3-9(15(16)22(26)27)6-14-17(24)21(18(25)29-14)8-10-2-4-11(19)7-12(10)20/h2-7,23H,8H2,1H3/b14-6-. The van der Waals surface area contributed by atoms with Gasteiger partial charge in [0.15, 0.2) is 5.75 Å². The van der Waals surface area contributed by atoms with Crippen LogP contribution in [-0.4, -0.2) is 33.2 Å². The Kier molecular flexibility index (Phi) is 6.02. The minimum Gasteiger partial charge on any atom is -0.504 e. The fraction of sp³-hybridized carbons (Fsp3) is 0.111.